The molecule has 206 valence electrons. The van der Waals surface area contributed by atoms with Crippen molar-refractivity contribution in [2.45, 2.75) is 26.1 Å². The van der Waals surface area contributed by atoms with E-state index in [9.17, 15) is 9.90 Å². The van der Waals surface area contributed by atoms with Crippen molar-refractivity contribution in [1.29, 1.82) is 0 Å². The molecule has 2 atom stereocenters. The van der Waals surface area contributed by atoms with Crippen LogP contribution in [0.4, 0.5) is 0 Å². The first-order valence-electron chi connectivity index (χ1n) is 13.5. The van der Waals surface area contributed by atoms with E-state index in [1.807, 2.05) is 92.7 Å². The van der Waals surface area contributed by atoms with E-state index in [4.69, 9.17) is 9.05 Å². The van der Waals surface area contributed by atoms with Crippen molar-refractivity contribution >= 4 is 43.5 Å². The summed E-state index contributed by atoms with van der Waals surface area (Å²) in [6.45, 7) is 3.97. The number of carbonyl (C=O) groups is 1. The van der Waals surface area contributed by atoms with Gasteiger partial charge in [-0.2, -0.15) is 0 Å². The number of hydrogen-bond acceptors (Lipinski definition) is 3. The van der Waals surface area contributed by atoms with E-state index in [-0.39, 0.29) is 17.8 Å². The molecule has 0 saturated carbocycles. The molecule has 5 aromatic rings. The largest absolute Gasteiger partial charge is 0.478 e. The van der Waals surface area contributed by atoms with E-state index < -0.39 is 22.3 Å². The van der Waals surface area contributed by atoms with E-state index in [0.29, 0.717) is 0 Å². The molecule has 0 fully saturated rings. The summed E-state index contributed by atoms with van der Waals surface area (Å²) in [5.74, 6) is -0.978. The SMILES string of the molecule is CC(OP(c1ccccc1)c1ccccc1)c1cc(C(=O)O)cc(C(C)OP(c2ccccc2)c2ccccc2)c1. The molecular formula is C35H32O4P2. The van der Waals surface area contributed by atoms with Crippen LogP contribution in [-0.2, 0) is 9.05 Å². The van der Waals surface area contributed by atoms with Crippen molar-refractivity contribution in [3.8, 4) is 0 Å². The minimum Gasteiger partial charge on any atom is -0.478 e. The number of carboxylic acids is 1. The van der Waals surface area contributed by atoms with Gasteiger partial charge in [0, 0.05) is 21.2 Å². The van der Waals surface area contributed by atoms with Gasteiger partial charge < -0.3 is 14.2 Å². The second kappa shape index (κ2) is 13.8. The minimum atomic E-state index is -1.11. The molecule has 0 amide bonds. The highest BCUT2D eigenvalue weighted by atomic mass is 31.1. The van der Waals surface area contributed by atoms with Crippen molar-refractivity contribution < 1.29 is 18.9 Å². The van der Waals surface area contributed by atoms with Crippen molar-refractivity contribution in [1.82, 2.24) is 0 Å². The lowest BCUT2D eigenvalue weighted by atomic mass is 10.00. The Balaban J connectivity index is 1.46. The molecule has 0 saturated heterocycles. The Morgan fingerprint density at radius 2 is 0.829 bits per heavy atom. The quantitative estimate of drug-likeness (QED) is 0.164. The third-order valence-corrected chi connectivity index (χ3v) is 10.8. The van der Waals surface area contributed by atoms with Crippen molar-refractivity contribution in [2.75, 3.05) is 0 Å². The number of carboxylic acid groups (broad SMARTS) is 1. The topological polar surface area (TPSA) is 55.8 Å². The molecule has 6 heteroatoms. The lowest BCUT2D eigenvalue weighted by molar-refractivity contribution is 0.0696. The smallest absolute Gasteiger partial charge is 0.335 e. The molecule has 0 aliphatic heterocycles. The maximum absolute atomic E-state index is 12.2. The fraction of sp³-hybridized carbons (Fsp3) is 0.114. The maximum atomic E-state index is 12.2. The van der Waals surface area contributed by atoms with Gasteiger partial charge in [-0.1, -0.05) is 127 Å². The van der Waals surface area contributed by atoms with Gasteiger partial charge in [0.2, 0.25) is 0 Å². The summed E-state index contributed by atoms with van der Waals surface area (Å²) >= 11 is 0. The molecular weight excluding hydrogens is 546 g/mol. The van der Waals surface area contributed by atoms with Crippen molar-refractivity contribution in [3.63, 3.8) is 0 Å². The number of benzene rings is 5. The summed E-state index contributed by atoms with van der Waals surface area (Å²) in [6.07, 6.45) is -0.701. The first-order chi connectivity index (χ1) is 20.0. The van der Waals surface area contributed by atoms with Crippen LogP contribution >= 0.6 is 16.3 Å². The van der Waals surface area contributed by atoms with Gasteiger partial charge in [-0.25, -0.2) is 4.79 Å². The van der Waals surface area contributed by atoms with Gasteiger partial charge in [0.15, 0.2) is 0 Å². The summed E-state index contributed by atoms with van der Waals surface area (Å²) in [5, 5.41) is 14.4. The first-order valence-corrected chi connectivity index (χ1v) is 16.0. The molecule has 0 aliphatic carbocycles. The molecule has 2 unspecified atom stereocenters. The maximum Gasteiger partial charge on any atom is 0.335 e. The van der Waals surface area contributed by atoms with Crippen molar-refractivity contribution in [3.05, 3.63) is 156 Å². The summed E-state index contributed by atoms with van der Waals surface area (Å²) in [5.41, 5.74) is 1.83. The van der Waals surface area contributed by atoms with Crippen LogP contribution in [-0.4, -0.2) is 11.1 Å². The average Bonchev–Trinajstić information content (AvgIpc) is 3.03. The van der Waals surface area contributed by atoms with Crippen LogP contribution in [0.25, 0.3) is 0 Å². The predicted molar refractivity (Wildman–Crippen MR) is 171 cm³/mol. The lowest BCUT2D eigenvalue weighted by Gasteiger charge is -2.26. The highest BCUT2D eigenvalue weighted by molar-refractivity contribution is 7.68. The summed E-state index contributed by atoms with van der Waals surface area (Å²) in [4.78, 5) is 12.2. The first kappa shape index (κ1) is 28.9. The lowest BCUT2D eigenvalue weighted by Crippen LogP contribution is -2.16. The van der Waals surface area contributed by atoms with Crippen LogP contribution in [0, 0.1) is 0 Å². The molecule has 41 heavy (non-hydrogen) atoms. The molecule has 1 N–H and O–H groups in total. The zero-order valence-corrected chi connectivity index (χ0v) is 24.8. The van der Waals surface area contributed by atoms with Gasteiger partial charge in [-0.15, -0.1) is 0 Å². The van der Waals surface area contributed by atoms with Gasteiger partial charge in [0.1, 0.15) is 0 Å². The molecule has 5 rings (SSSR count). The second-order valence-electron chi connectivity index (χ2n) is 9.62. The molecule has 4 nitrogen and oxygen atoms in total. The number of hydrogen-bond donors (Lipinski definition) is 1. The molecule has 0 heterocycles. The Hall–Kier alpha value is -3.65. The van der Waals surface area contributed by atoms with E-state index in [0.717, 1.165) is 32.3 Å². The Labute approximate surface area is 244 Å². The van der Waals surface area contributed by atoms with Gasteiger partial charge in [0.05, 0.1) is 34.1 Å². The van der Waals surface area contributed by atoms with Crippen LogP contribution in [0.3, 0.4) is 0 Å². The van der Waals surface area contributed by atoms with Crippen LogP contribution < -0.4 is 21.2 Å². The summed E-state index contributed by atoms with van der Waals surface area (Å²) in [7, 11) is -2.23. The van der Waals surface area contributed by atoms with Crippen LogP contribution in [0.2, 0.25) is 0 Å². The molecule has 0 bridgehead atoms. The highest BCUT2D eigenvalue weighted by Crippen LogP contribution is 2.43. The zero-order valence-electron chi connectivity index (χ0n) is 23.0. The Morgan fingerprint density at radius 1 is 0.537 bits per heavy atom. The number of aromatic carboxylic acids is 1. The molecule has 0 spiro atoms. The van der Waals surface area contributed by atoms with E-state index >= 15 is 0 Å². The molecule has 0 aromatic heterocycles. The fourth-order valence-electron chi connectivity index (χ4n) is 4.50. The van der Waals surface area contributed by atoms with Gasteiger partial charge in [-0.05, 0) is 37.1 Å². The Bertz CT molecular complexity index is 1360. The average molecular weight is 579 g/mol. The highest BCUT2D eigenvalue weighted by Gasteiger charge is 2.24. The third-order valence-electron chi connectivity index (χ3n) is 6.65. The van der Waals surface area contributed by atoms with Gasteiger partial charge >= 0.3 is 5.97 Å². The standard InChI is InChI=1S/C35H32O4P2/c1-26(38-40(31-15-7-3-8-16-31)32-17-9-4-10-18-32)28-23-29(25-30(24-28)35(36)37)27(2)39-41(33-19-11-5-12-20-33)34-21-13-6-14-22-34/h3-27H,1-2H3,(H,36,37). The second-order valence-corrected chi connectivity index (χ2v) is 13.3. The normalized spacial score (nSPS) is 12.8. The summed E-state index contributed by atoms with van der Waals surface area (Å²) < 4.78 is 13.5. The Kier molecular flexibility index (Phi) is 9.72. The minimum absolute atomic E-state index is 0.218. The summed E-state index contributed by atoms with van der Waals surface area (Å²) in [6, 6.07) is 46.2. The monoisotopic (exact) mass is 578 g/mol. The van der Waals surface area contributed by atoms with Gasteiger partial charge in [-0.3, -0.25) is 0 Å². The van der Waals surface area contributed by atoms with Gasteiger partial charge in [0.25, 0.3) is 0 Å². The predicted octanol–water partition coefficient (Wildman–Crippen LogP) is 7.64. The van der Waals surface area contributed by atoms with Crippen LogP contribution in [0.5, 0.6) is 0 Å². The van der Waals surface area contributed by atoms with E-state index in [1.54, 1.807) is 12.1 Å². The zero-order chi connectivity index (χ0) is 28.6. The van der Waals surface area contributed by atoms with E-state index in [1.165, 1.54) is 0 Å². The van der Waals surface area contributed by atoms with Crippen LogP contribution in [0.15, 0.2) is 140 Å². The molecule has 0 radical (unpaired) electrons. The third kappa shape index (κ3) is 7.36. The van der Waals surface area contributed by atoms with Crippen LogP contribution in [0.1, 0.15) is 47.5 Å². The van der Waals surface area contributed by atoms with Crippen molar-refractivity contribution in [2.24, 2.45) is 0 Å². The number of rotatable bonds is 11. The molecule has 5 aromatic carbocycles. The Morgan fingerprint density at radius 3 is 1.10 bits per heavy atom. The fourth-order valence-corrected chi connectivity index (χ4v) is 8.23. The molecule has 0 aliphatic rings. The van der Waals surface area contributed by atoms with E-state index in [2.05, 4.69) is 48.5 Å².